The lowest BCUT2D eigenvalue weighted by atomic mass is 10.1. The Bertz CT molecular complexity index is 714. The van der Waals surface area contributed by atoms with E-state index in [4.69, 9.17) is 0 Å². The molecule has 2 aromatic heterocycles. The van der Waals surface area contributed by atoms with E-state index < -0.39 is 17.4 Å². The largest absolute Gasteiger partial charge is 0.288 e. The predicted octanol–water partition coefficient (Wildman–Crippen LogP) is 4.47. The molecule has 0 amide bonds. The molecule has 0 fully saturated rings. The zero-order valence-corrected chi connectivity index (χ0v) is 10.6. The molecular formula is C13H6F2OS2. The van der Waals surface area contributed by atoms with Crippen molar-refractivity contribution in [3.05, 3.63) is 57.8 Å². The lowest BCUT2D eigenvalue weighted by Crippen LogP contribution is -2.02. The minimum Gasteiger partial charge on any atom is -0.288 e. The molecule has 18 heavy (non-hydrogen) atoms. The molecule has 2 heterocycles. The predicted molar refractivity (Wildman–Crippen MR) is 69.5 cm³/mol. The Balaban J connectivity index is 2.09. The van der Waals surface area contributed by atoms with Crippen LogP contribution in [0.5, 0.6) is 0 Å². The maximum Gasteiger partial charge on any atom is 0.206 e. The number of carbonyl (C=O) groups excluding carboxylic acids is 1. The van der Waals surface area contributed by atoms with Crippen LogP contribution in [0.1, 0.15) is 15.2 Å². The van der Waals surface area contributed by atoms with E-state index in [0.717, 1.165) is 27.6 Å². The maximum absolute atomic E-state index is 13.5. The second-order valence-corrected chi connectivity index (χ2v) is 5.74. The first kappa shape index (κ1) is 11.5. The number of ketones is 1. The summed E-state index contributed by atoms with van der Waals surface area (Å²) in [7, 11) is 0. The molecule has 3 rings (SSSR count). The molecule has 90 valence electrons. The molecule has 0 radical (unpaired) electrons. The van der Waals surface area contributed by atoms with Gasteiger partial charge in [-0.2, -0.15) is 0 Å². The van der Waals surface area contributed by atoms with Crippen molar-refractivity contribution in [1.29, 1.82) is 0 Å². The summed E-state index contributed by atoms with van der Waals surface area (Å²) < 4.78 is 28.5. The van der Waals surface area contributed by atoms with E-state index in [2.05, 4.69) is 0 Å². The Hall–Kier alpha value is -1.59. The molecule has 0 atom stereocenters. The third kappa shape index (κ3) is 1.85. The van der Waals surface area contributed by atoms with Gasteiger partial charge in [-0.15, -0.1) is 22.7 Å². The van der Waals surface area contributed by atoms with Gasteiger partial charge in [0, 0.05) is 9.40 Å². The van der Waals surface area contributed by atoms with Crippen LogP contribution in [0.15, 0.2) is 35.7 Å². The fourth-order valence-corrected chi connectivity index (χ4v) is 3.74. The third-order valence-corrected chi connectivity index (χ3v) is 4.63. The van der Waals surface area contributed by atoms with Crippen molar-refractivity contribution in [2.45, 2.75) is 0 Å². The average molecular weight is 280 g/mol. The summed E-state index contributed by atoms with van der Waals surface area (Å²) in [6, 6.07) is 6.53. The first-order chi connectivity index (χ1) is 8.65. The topological polar surface area (TPSA) is 17.1 Å². The molecule has 3 aromatic rings. The summed E-state index contributed by atoms with van der Waals surface area (Å²) in [6.45, 7) is 0. The molecule has 0 saturated carbocycles. The second-order valence-electron chi connectivity index (χ2n) is 3.71. The highest BCUT2D eigenvalue weighted by Gasteiger charge is 2.17. The van der Waals surface area contributed by atoms with Crippen LogP contribution in [-0.4, -0.2) is 5.78 Å². The second kappa shape index (κ2) is 4.26. The highest BCUT2D eigenvalue weighted by Crippen LogP contribution is 2.31. The number of halogens is 2. The molecule has 0 unspecified atom stereocenters. The van der Waals surface area contributed by atoms with Gasteiger partial charge in [0.2, 0.25) is 5.78 Å². The van der Waals surface area contributed by atoms with Gasteiger partial charge in [-0.1, -0.05) is 0 Å². The van der Waals surface area contributed by atoms with Crippen LogP contribution in [0.4, 0.5) is 8.78 Å². The third-order valence-electron chi connectivity index (χ3n) is 2.54. The van der Waals surface area contributed by atoms with Crippen molar-refractivity contribution in [2.24, 2.45) is 0 Å². The zero-order chi connectivity index (χ0) is 12.7. The SMILES string of the molecule is O=C(c1cc2sccc2s1)c1cc(F)ccc1F. The van der Waals surface area contributed by atoms with Gasteiger partial charge in [-0.3, -0.25) is 4.79 Å². The molecule has 5 heteroatoms. The van der Waals surface area contributed by atoms with Gasteiger partial charge in [0.05, 0.1) is 10.4 Å². The number of carbonyl (C=O) groups is 1. The maximum atomic E-state index is 13.5. The van der Waals surface area contributed by atoms with Gasteiger partial charge in [0.25, 0.3) is 0 Å². The Morgan fingerprint density at radius 1 is 1.06 bits per heavy atom. The Morgan fingerprint density at radius 3 is 2.67 bits per heavy atom. The molecule has 1 nitrogen and oxygen atoms in total. The van der Waals surface area contributed by atoms with Crippen molar-refractivity contribution in [3.63, 3.8) is 0 Å². The van der Waals surface area contributed by atoms with Crippen LogP contribution in [0.3, 0.4) is 0 Å². The van der Waals surface area contributed by atoms with E-state index in [1.165, 1.54) is 22.7 Å². The molecular weight excluding hydrogens is 274 g/mol. The Kier molecular flexibility index (Phi) is 2.72. The van der Waals surface area contributed by atoms with Crippen molar-refractivity contribution < 1.29 is 13.6 Å². The van der Waals surface area contributed by atoms with E-state index in [1.807, 2.05) is 11.4 Å². The molecule has 0 aliphatic rings. The van der Waals surface area contributed by atoms with Gasteiger partial charge in [0.1, 0.15) is 11.6 Å². The fraction of sp³-hybridized carbons (Fsp3) is 0. The number of thiophene rings is 2. The number of fused-ring (bicyclic) bond motifs is 1. The Morgan fingerprint density at radius 2 is 1.89 bits per heavy atom. The quantitative estimate of drug-likeness (QED) is 0.633. The smallest absolute Gasteiger partial charge is 0.206 e. The summed E-state index contributed by atoms with van der Waals surface area (Å²) in [5.41, 5.74) is -0.219. The summed E-state index contributed by atoms with van der Waals surface area (Å²) in [5, 5.41) is 1.93. The molecule has 0 bridgehead atoms. The van der Waals surface area contributed by atoms with E-state index >= 15 is 0 Å². The van der Waals surface area contributed by atoms with E-state index in [-0.39, 0.29) is 5.56 Å². The monoisotopic (exact) mass is 280 g/mol. The molecule has 0 spiro atoms. The first-order valence-electron chi connectivity index (χ1n) is 5.12. The average Bonchev–Trinajstić information content (AvgIpc) is 2.91. The lowest BCUT2D eigenvalue weighted by Gasteiger charge is -2.00. The summed E-state index contributed by atoms with van der Waals surface area (Å²) in [4.78, 5) is 12.5. The van der Waals surface area contributed by atoms with Gasteiger partial charge in [-0.25, -0.2) is 8.78 Å². The minimum atomic E-state index is -0.696. The molecule has 0 aliphatic heterocycles. The van der Waals surface area contributed by atoms with Crippen LogP contribution < -0.4 is 0 Å². The normalized spacial score (nSPS) is 11.0. The zero-order valence-electron chi connectivity index (χ0n) is 8.94. The molecule has 1 aromatic carbocycles. The van der Waals surface area contributed by atoms with Crippen LogP contribution in [-0.2, 0) is 0 Å². The molecule has 0 saturated heterocycles. The van der Waals surface area contributed by atoms with Gasteiger partial charge in [-0.05, 0) is 35.7 Å². The summed E-state index contributed by atoms with van der Waals surface area (Å²) >= 11 is 2.81. The summed E-state index contributed by atoms with van der Waals surface area (Å²) in [6.07, 6.45) is 0. The highest BCUT2D eigenvalue weighted by atomic mass is 32.1. The van der Waals surface area contributed by atoms with Gasteiger partial charge < -0.3 is 0 Å². The number of rotatable bonds is 2. The Labute approximate surface area is 109 Å². The van der Waals surface area contributed by atoms with Crippen molar-refractivity contribution in [1.82, 2.24) is 0 Å². The highest BCUT2D eigenvalue weighted by molar-refractivity contribution is 7.28. The number of benzene rings is 1. The van der Waals surface area contributed by atoms with E-state index in [9.17, 15) is 13.6 Å². The van der Waals surface area contributed by atoms with Crippen LogP contribution in [0.2, 0.25) is 0 Å². The van der Waals surface area contributed by atoms with Crippen LogP contribution in [0, 0.1) is 11.6 Å². The van der Waals surface area contributed by atoms with E-state index in [1.54, 1.807) is 6.07 Å². The van der Waals surface area contributed by atoms with Gasteiger partial charge >= 0.3 is 0 Å². The fourth-order valence-electron chi connectivity index (χ4n) is 1.68. The number of hydrogen-bond acceptors (Lipinski definition) is 3. The van der Waals surface area contributed by atoms with Crippen LogP contribution >= 0.6 is 22.7 Å². The molecule has 0 N–H and O–H groups in total. The number of hydrogen-bond donors (Lipinski definition) is 0. The standard InChI is InChI=1S/C13H6F2OS2/c14-7-1-2-9(15)8(5-7)13(16)12-6-11-10(18-12)3-4-17-11/h1-6H. The van der Waals surface area contributed by atoms with E-state index in [0.29, 0.717) is 4.88 Å². The van der Waals surface area contributed by atoms with Crippen molar-refractivity contribution >= 4 is 37.9 Å². The minimum absolute atomic E-state index is 0.219. The van der Waals surface area contributed by atoms with Crippen molar-refractivity contribution in [3.8, 4) is 0 Å². The van der Waals surface area contributed by atoms with Gasteiger partial charge in [0.15, 0.2) is 0 Å². The summed E-state index contributed by atoms with van der Waals surface area (Å²) in [5.74, 6) is -1.78. The van der Waals surface area contributed by atoms with Crippen LogP contribution in [0.25, 0.3) is 9.40 Å². The van der Waals surface area contributed by atoms with Crippen molar-refractivity contribution in [2.75, 3.05) is 0 Å². The lowest BCUT2D eigenvalue weighted by molar-refractivity contribution is 0.103. The molecule has 0 aliphatic carbocycles. The first-order valence-corrected chi connectivity index (χ1v) is 6.81.